The molecule has 0 atom stereocenters. The third kappa shape index (κ3) is 4.28. The van der Waals surface area contributed by atoms with Crippen LogP contribution in [-0.4, -0.2) is 17.4 Å². The van der Waals surface area contributed by atoms with E-state index in [1.54, 1.807) is 23.9 Å². The van der Waals surface area contributed by atoms with E-state index in [-0.39, 0.29) is 11.7 Å². The molecule has 0 spiro atoms. The van der Waals surface area contributed by atoms with Gasteiger partial charge in [-0.3, -0.25) is 4.79 Å². The number of carbonyl (C=O) groups excluding carboxylic acids is 1. The van der Waals surface area contributed by atoms with Gasteiger partial charge in [-0.2, -0.15) is 0 Å². The molecule has 4 nitrogen and oxygen atoms in total. The summed E-state index contributed by atoms with van der Waals surface area (Å²) in [6.45, 7) is 0.442. The van der Waals surface area contributed by atoms with Crippen molar-refractivity contribution < 1.29 is 13.6 Å². The van der Waals surface area contributed by atoms with Crippen molar-refractivity contribution in [1.29, 1.82) is 0 Å². The number of thioether (sulfide) groups is 1. The molecular weight excluding hydrogens is 375 g/mol. The van der Waals surface area contributed by atoms with E-state index < -0.39 is 0 Å². The predicted molar refractivity (Wildman–Crippen MR) is 109 cm³/mol. The first-order chi connectivity index (χ1) is 13.7. The second kappa shape index (κ2) is 8.35. The summed E-state index contributed by atoms with van der Waals surface area (Å²) in [5, 5.41) is 3.70. The van der Waals surface area contributed by atoms with Gasteiger partial charge in [0.25, 0.3) is 5.91 Å². The van der Waals surface area contributed by atoms with Crippen molar-refractivity contribution in [2.24, 2.45) is 0 Å². The van der Waals surface area contributed by atoms with E-state index in [0.717, 1.165) is 27.1 Å². The molecule has 28 heavy (non-hydrogen) atoms. The second-order valence-corrected chi connectivity index (χ2v) is 7.43. The van der Waals surface area contributed by atoms with Crippen LogP contribution in [0, 0.1) is 5.82 Å². The van der Waals surface area contributed by atoms with Crippen molar-refractivity contribution in [2.75, 3.05) is 6.54 Å². The van der Waals surface area contributed by atoms with E-state index in [9.17, 15) is 9.18 Å². The van der Waals surface area contributed by atoms with Crippen molar-refractivity contribution in [1.82, 2.24) is 10.3 Å². The lowest BCUT2D eigenvalue weighted by Crippen LogP contribution is -2.25. The Morgan fingerprint density at radius 2 is 1.96 bits per heavy atom. The highest BCUT2D eigenvalue weighted by molar-refractivity contribution is 7.98. The van der Waals surface area contributed by atoms with Gasteiger partial charge in [-0.05, 0) is 54.4 Å². The van der Waals surface area contributed by atoms with E-state index in [1.165, 1.54) is 12.1 Å². The lowest BCUT2D eigenvalue weighted by molar-refractivity contribution is 0.0925. The van der Waals surface area contributed by atoms with Crippen molar-refractivity contribution in [3.8, 4) is 0 Å². The highest BCUT2D eigenvalue weighted by Gasteiger charge is 2.12. The molecule has 2 N–H and O–H groups in total. The summed E-state index contributed by atoms with van der Waals surface area (Å²) in [7, 11) is 0. The average Bonchev–Trinajstić information content (AvgIpc) is 3.34. The minimum Gasteiger partial charge on any atom is -0.455 e. The molecule has 0 aliphatic heterocycles. The van der Waals surface area contributed by atoms with Gasteiger partial charge >= 0.3 is 0 Å². The molecule has 1 amide bonds. The molecule has 2 aromatic heterocycles. The quantitative estimate of drug-likeness (QED) is 0.426. The largest absolute Gasteiger partial charge is 0.455 e. The van der Waals surface area contributed by atoms with Gasteiger partial charge in [-0.25, -0.2) is 4.39 Å². The monoisotopic (exact) mass is 394 g/mol. The molecule has 0 fully saturated rings. The predicted octanol–water partition coefficient (Wildman–Crippen LogP) is 5.16. The van der Waals surface area contributed by atoms with Crippen LogP contribution in [0.4, 0.5) is 4.39 Å². The minimum absolute atomic E-state index is 0.248. The van der Waals surface area contributed by atoms with E-state index in [0.29, 0.717) is 24.5 Å². The van der Waals surface area contributed by atoms with Gasteiger partial charge in [0.05, 0.1) is 5.75 Å². The number of aromatic nitrogens is 1. The van der Waals surface area contributed by atoms with E-state index in [4.69, 9.17) is 4.42 Å². The summed E-state index contributed by atoms with van der Waals surface area (Å²) in [6, 6.07) is 18.2. The number of fused-ring (bicyclic) bond motifs is 1. The van der Waals surface area contributed by atoms with Crippen molar-refractivity contribution >= 4 is 28.6 Å². The van der Waals surface area contributed by atoms with Crippen LogP contribution < -0.4 is 5.32 Å². The Morgan fingerprint density at radius 1 is 1.11 bits per heavy atom. The van der Waals surface area contributed by atoms with Gasteiger partial charge in [0.1, 0.15) is 11.6 Å². The van der Waals surface area contributed by atoms with Gasteiger partial charge in [0, 0.05) is 28.5 Å². The van der Waals surface area contributed by atoms with Gasteiger partial charge in [-0.1, -0.05) is 18.2 Å². The van der Waals surface area contributed by atoms with Crippen LogP contribution in [0.3, 0.4) is 0 Å². The zero-order chi connectivity index (χ0) is 19.3. The molecule has 0 unspecified atom stereocenters. The molecule has 4 aromatic rings. The Labute approximate surface area is 166 Å². The highest BCUT2D eigenvalue weighted by atomic mass is 32.2. The Morgan fingerprint density at radius 3 is 2.82 bits per heavy atom. The number of furan rings is 1. The number of aromatic amines is 1. The maximum atomic E-state index is 13.4. The molecular formula is C22H19FN2O2S. The smallest absolute Gasteiger partial charge is 0.287 e. The molecule has 4 rings (SSSR count). The molecule has 0 aliphatic carbocycles. The zero-order valence-electron chi connectivity index (χ0n) is 15.1. The fourth-order valence-electron chi connectivity index (χ4n) is 3.00. The lowest BCUT2D eigenvalue weighted by Gasteiger charge is -2.03. The summed E-state index contributed by atoms with van der Waals surface area (Å²) in [5.41, 5.74) is 1.85. The number of H-pyrrole nitrogens is 1. The summed E-state index contributed by atoms with van der Waals surface area (Å²) in [6.07, 6.45) is 2.45. The molecule has 0 saturated carbocycles. The lowest BCUT2D eigenvalue weighted by atomic mass is 10.1. The normalized spacial score (nSPS) is 11.0. The van der Waals surface area contributed by atoms with E-state index >= 15 is 0 Å². The van der Waals surface area contributed by atoms with Crippen molar-refractivity contribution in [3.05, 3.63) is 89.8 Å². The number of hydrogen-bond donors (Lipinski definition) is 2. The van der Waals surface area contributed by atoms with Crippen LogP contribution in [-0.2, 0) is 12.2 Å². The maximum Gasteiger partial charge on any atom is 0.287 e. The number of halogens is 1. The highest BCUT2D eigenvalue weighted by Crippen LogP contribution is 2.23. The third-order valence-electron chi connectivity index (χ3n) is 4.42. The van der Waals surface area contributed by atoms with Crippen LogP contribution in [0.1, 0.15) is 21.9 Å². The van der Waals surface area contributed by atoms with Gasteiger partial charge in [0.15, 0.2) is 5.76 Å². The summed E-state index contributed by atoms with van der Waals surface area (Å²) >= 11 is 1.66. The number of rotatable bonds is 7. The fraction of sp³-hybridized carbons (Fsp3) is 0.136. The van der Waals surface area contributed by atoms with Crippen molar-refractivity contribution in [2.45, 2.75) is 17.1 Å². The molecule has 2 aromatic carbocycles. The van der Waals surface area contributed by atoms with E-state index in [2.05, 4.69) is 10.3 Å². The molecule has 0 radical (unpaired) electrons. The molecule has 6 heteroatoms. The molecule has 2 heterocycles. The van der Waals surface area contributed by atoms with Gasteiger partial charge in [0.2, 0.25) is 0 Å². The first kappa shape index (κ1) is 18.4. The SMILES string of the molecule is O=C(NCCc1c[nH]c2ccc(F)cc12)c1ccc(CSc2ccccc2)o1. The Kier molecular flexibility index (Phi) is 5.48. The minimum atomic E-state index is -0.270. The summed E-state index contributed by atoms with van der Waals surface area (Å²) < 4.78 is 19.1. The first-order valence-electron chi connectivity index (χ1n) is 8.99. The maximum absolute atomic E-state index is 13.4. The number of nitrogens with one attached hydrogen (secondary N) is 2. The van der Waals surface area contributed by atoms with Crippen LogP contribution in [0.25, 0.3) is 10.9 Å². The molecule has 142 valence electrons. The number of amides is 1. The van der Waals surface area contributed by atoms with Gasteiger partial charge < -0.3 is 14.7 Å². The van der Waals surface area contributed by atoms with Crippen LogP contribution in [0.5, 0.6) is 0 Å². The van der Waals surface area contributed by atoms with Gasteiger partial charge in [-0.15, -0.1) is 11.8 Å². The zero-order valence-corrected chi connectivity index (χ0v) is 15.9. The van der Waals surface area contributed by atoms with Crippen LogP contribution in [0.2, 0.25) is 0 Å². The Hall–Kier alpha value is -2.99. The van der Waals surface area contributed by atoms with E-state index in [1.807, 2.05) is 42.6 Å². The number of carbonyl (C=O) groups is 1. The Bertz CT molecular complexity index is 1090. The number of benzene rings is 2. The average molecular weight is 394 g/mol. The summed E-state index contributed by atoms with van der Waals surface area (Å²) in [4.78, 5) is 16.6. The standard InChI is InChI=1S/C22H19FN2O2S/c23-16-6-8-20-19(12-16)15(13-25-20)10-11-24-22(26)21-9-7-17(27-21)14-28-18-4-2-1-3-5-18/h1-9,12-13,25H,10-11,14H2,(H,24,26). The second-order valence-electron chi connectivity index (χ2n) is 6.38. The topological polar surface area (TPSA) is 58.0 Å². The summed E-state index contributed by atoms with van der Waals surface area (Å²) in [5.74, 6) is 1.20. The number of hydrogen-bond acceptors (Lipinski definition) is 3. The molecule has 0 saturated heterocycles. The van der Waals surface area contributed by atoms with Crippen LogP contribution >= 0.6 is 11.8 Å². The third-order valence-corrected chi connectivity index (χ3v) is 5.45. The first-order valence-corrected chi connectivity index (χ1v) is 9.98. The molecule has 0 bridgehead atoms. The van der Waals surface area contributed by atoms with Crippen molar-refractivity contribution in [3.63, 3.8) is 0 Å². The Balaban J connectivity index is 1.30. The molecule has 0 aliphatic rings. The van der Waals surface area contributed by atoms with Crippen LogP contribution in [0.15, 0.2) is 76.2 Å². The fourth-order valence-corrected chi connectivity index (χ4v) is 3.82.